The van der Waals surface area contributed by atoms with Crippen LogP contribution in [0.3, 0.4) is 0 Å². The van der Waals surface area contributed by atoms with Crippen LogP contribution in [0.1, 0.15) is 24.4 Å². The molecule has 0 aliphatic heterocycles. The Hall–Kier alpha value is -1.82. The Labute approximate surface area is 108 Å². The van der Waals surface area contributed by atoms with Crippen LogP contribution in [0.15, 0.2) is 34.0 Å². The van der Waals surface area contributed by atoms with E-state index in [2.05, 4.69) is 23.8 Å². The van der Waals surface area contributed by atoms with Crippen LogP contribution < -0.4 is 0 Å². The molecule has 0 aliphatic rings. The normalized spacial score (nSPS) is 10.8. The zero-order valence-electron chi connectivity index (χ0n) is 9.95. The number of furan rings is 1. The molecule has 0 unspecified atom stereocenters. The van der Waals surface area contributed by atoms with Gasteiger partial charge in [0.05, 0.1) is 0 Å². The highest BCUT2D eigenvalue weighted by Gasteiger charge is 2.12. The summed E-state index contributed by atoms with van der Waals surface area (Å²) in [6, 6.07) is 4.69. The summed E-state index contributed by atoms with van der Waals surface area (Å²) in [5.41, 5.74) is 0.584. The molecule has 0 saturated heterocycles. The van der Waals surface area contributed by atoms with Crippen molar-refractivity contribution < 1.29 is 14.3 Å². The number of carboxylic acids is 1. The molecule has 1 N–H and O–H groups in total. The van der Waals surface area contributed by atoms with Gasteiger partial charge in [0.25, 0.3) is 0 Å². The van der Waals surface area contributed by atoms with Crippen molar-refractivity contribution in [2.75, 3.05) is 0 Å². The Morgan fingerprint density at radius 2 is 2.17 bits per heavy atom. The zero-order valence-corrected chi connectivity index (χ0v) is 10.8. The summed E-state index contributed by atoms with van der Waals surface area (Å²) in [7, 11) is 0. The quantitative estimate of drug-likeness (QED) is 0.676. The molecule has 2 heterocycles. The molecule has 2 rings (SSSR count). The van der Waals surface area contributed by atoms with E-state index in [4.69, 9.17) is 9.52 Å². The summed E-state index contributed by atoms with van der Waals surface area (Å²) >= 11 is 1.54. The van der Waals surface area contributed by atoms with E-state index in [0.717, 1.165) is 0 Å². The molecule has 0 aromatic carbocycles. The van der Waals surface area contributed by atoms with Gasteiger partial charge in [-0.2, -0.15) is 0 Å². The number of nitrogens with zero attached hydrogens (tertiary/aromatic N) is 2. The highest BCUT2D eigenvalue weighted by Crippen LogP contribution is 2.24. The van der Waals surface area contributed by atoms with Gasteiger partial charge in [-0.05, 0) is 18.2 Å². The van der Waals surface area contributed by atoms with Gasteiger partial charge < -0.3 is 9.52 Å². The Balaban J connectivity index is 2.29. The molecule has 2 aromatic heterocycles. The third-order valence-corrected chi connectivity index (χ3v) is 2.92. The number of aromatic nitrogens is 2. The molecule has 0 bridgehead atoms. The lowest BCUT2D eigenvalue weighted by Crippen LogP contribution is -1.94. The van der Waals surface area contributed by atoms with Gasteiger partial charge in [0.15, 0.2) is 10.9 Å². The fourth-order valence-electron chi connectivity index (χ4n) is 1.34. The van der Waals surface area contributed by atoms with Crippen LogP contribution >= 0.6 is 11.8 Å². The molecular formula is C12H12N2O3S. The average Bonchev–Trinajstić information content (AvgIpc) is 2.77. The molecule has 0 amide bonds. The maximum atomic E-state index is 10.7. The summed E-state index contributed by atoms with van der Waals surface area (Å²) < 4.78 is 5.19. The Bertz CT molecular complexity index is 566. The lowest BCUT2D eigenvalue weighted by Gasteiger charge is -2.03. The molecule has 0 aliphatic carbocycles. The van der Waals surface area contributed by atoms with Crippen molar-refractivity contribution in [3.8, 4) is 11.5 Å². The van der Waals surface area contributed by atoms with Gasteiger partial charge in [-0.15, -0.1) is 0 Å². The van der Waals surface area contributed by atoms with E-state index in [0.29, 0.717) is 21.9 Å². The minimum atomic E-state index is -1.09. The Morgan fingerprint density at radius 3 is 2.78 bits per heavy atom. The largest absolute Gasteiger partial charge is 0.475 e. The van der Waals surface area contributed by atoms with Crippen LogP contribution in [0.4, 0.5) is 0 Å². The number of rotatable bonds is 4. The highest BCUT2D eigenvalue weighted by molar-refractivity contribution is 7.99. The predicted octanol–water partition coefficient (Wildman–Crippen LogP) is 2.94. The maximum Gasteiger partial charge on any atom is 0.371 e. The number of hydrogen-bond acceptors (Lipinski definition) is 5. The Kier molecular flexibility index (Phi) is 3.66. The van der Waals surface area contributed by atoms with Crippen LogP contribution in [0.25, 0.3) is 11.5 Å². The number of hydrogen-bond donors (Lipinski definition) is 1. The monoisotopic (exact) mass is 264 g/mol. The maximum absolute atomic E-state index is 10.7. The van der Waals surface area contributed by atoms with Crippen molar-refractivity contribution >= 4 is 17.7 Å². The summed E-state index contributed by atoms with van der Waals surface area (Å²) in [4.78, 5) is 19.2. The molecule has 5 nitrogen and oxygen atoms in total. The number of aromatic carboxylic acids is 1. The smallest absolute Gasteiger partial charge is 0.371 e. The number of thioether (sulfide) groups is 1. The second-order valence-electron chi connectivity index (χ2n) is 3.86. The van der Waals surface area contributed by atoms with Gasteiger partial charge in [-0.3, -0.25) is 0 Å². The van der Waals surface area contributed by atoms with Crippen LogP contribution in [-0.2, 0) is 0 Å². The van der Waals surface area contributed by atoms with Crippen molar-refractivity contribution in [1.82, 2.24) is 9.97 Å². The third kappa shape index (κ3) is 2.89. The van der Waals surface area contributed by atoms with Crippen LogP contribution in [0.2, 0.25) is 0 Å². The summed E-state index contributed by atoms with van der Waals surface area (Å²) in [6.07, 6.45) is 1.63. The van der Waals surface area contributed by atoms with Crippen molar-refractivity contribution in [2.24, 2.45) is 0 Å². The fourth-order valence-corrected chi connectivity index (χ4v) is 2.03. The predicted molar refractivity (Wildman–Crippen MR) is 67.7 cm³/mol. The molecule has 2 aromatic rings. The van der Waals surface area contributed by atoms with Crippen LogP contribution in [0.5, 0.6) is 0 Å². The first-order chi connectivity index (χ1) is 8.56. The number of carboxylic acid groups (broad SMARTS) is 1. The van der Waals surface area contributed by atoms with Gasteiger partial charge in [0.2, 0.25) is 5.76 Å². The molecule has 0 fully saturated rings. The van der Waals surface area contributed by atoms with E-state index in [1.807, 2.05) is 0 Å². The topological polar surface area (TPSA) is 76.2 Å². The van der Waals surface area contributed by atoms with Gasteiger partial charge >= 0.3 is 5.97 Å². The van der Waals surface area contributed by atoms with Crippen LogP contribution in [-0.4, -0.2) is 26.3 Å². The van der Waals surface area contributed by atoms with E-state index < -0.39 is 5.97 Å². The molecular weight excluding hydrogens is 252 g/mol. The van der Waals surface area contributed by atoms with Gasteiger partial charge in [0, 0.05) is 11.4 Å². The minimum Gasteiger partial charge on any atom is -0.475 e. The molecule has 0 radical (unpaired) electrons. The van der Waals surface area contributed by atoms with Crippen molar-refractivity contribution in [3.63, 3.8) is 0 Å². The SMILES string of the molecule is CC(C)Sc1nccc(-c2ccc(C(=O)O)o2)n1. The average molecular weight is 264 g/mol. The van der Waals surface area contributed by atoms with Gasteiger partial charge in [-0.1, -0.05) is 25.6 Å². The molecule has 94 valence electrons. The molecule has 0 atom stereocenters. The number of carbonyl (C=O) groups is 1. The summed E-state index contributed by atoms with van der Waals surface area (Å²) in [5.74, 6) is -0.755. The molecule has 6 heteroatoms. The van der Waals surface area contributed by atoms with Gasteiger partial charge in [0.1, 0.15) is 5.69 Å². The van der Waals surface area contributed by atoms with Gasteiger partial charge in [-0.25, -0.2) is 14.8 Å². The second-order valence-corrected chi connectivity index (χ2v) is 5.40. The van der Waals surface area contributed by atoms with E-state index in [1.54, 1.807) is 30.1 Å². The third-order valence-electron chi connectivity index (χ3n) is 2.04. The molecule has 18 heavy (non-hydrogen) atoms. The van der Waals surface area contributed by atoms with E-state index in [1.165, 1.54) is 6.07 Å². The first-order valence-corrected chi connectivity index (χ1v) is 6.27. The lowest BCUT2D eigenvalue weighted by atomic mass is 10.3. The highest BCUT2D eigenvalue weighted by atomic mass is 32.2. The lowest BCUT2D eigenvalue weighted by molar-refractivity contribution is 0.0663. The van der Waals surface area contributed by atoms with E-state index in [9.17, 15) is 4.79 Å². The van der Waals surface area contributed by atoms with Crippen molar-refractivity contribution in [2.45, 2.75) is 24.3 Å². The van der Waals surface area contributed by atoms with E-state index in [-0.39, 0.29) is 5.76 Å². The summed E-state index contributed by atoms with van der Waals surface area (Å²) in [5, 5.41) is 9.82. The standard InChI is InChI=1S/C12H12N2O3S/c1-7(2)18-12-13-6-5-8(14-12)9-3-4-10(17-9)11(15)16/h3-7H,1-2H3,(H,15,16). The Morgan fingerprint density at radius 1 is 1.39 bits per heavy atom. The zero-order chi connectivity index (χ0) is 13.1. The van der Waals surface area contributed by atoms with Crippen LogP contribution in [0, 0.1) is 0 Å². The molecule has 0 saturated carbocycles. The second kappa shape index (κ2) is 5.22. The summed E-state index contributed by atoms with van der Waals surface area (Å²) in [6.45, 7) is 4.10. The van der Waals surface area contributed by atoms with Crippen molar-refractivity contribution in [3.05, 3.63) is 30.2 Å². The fraction of sp³-hybridized carbons (Fsp3) is 0.250. The van der Waals surface area contributed by atoms with Crippen molar-refractivity contribution in [1.29, 1.82) is 0 Å². The molecule has 0 spiro atoms. The first kappa shape index (κ1) is 12.6. The minimum absolute atomic E-state index is 0.0957. The van der Waals surface area contributed by atoms with E-state index >= 15 is 0 Å². The first-order valence-electron chi connectivity index (χ1n) is 5.39.